The molecule has 0 nitrogen and oxygen atoms in total. The van der Waals surface area contributed by atoms with E-state index in [1.165, 1.54) is 0 Å². The molecule has 0 aliphatic carbocycles. The predicted octanol–water partition coefficient (Wildman–Crippen LogP) is 3.09. The second kappa shape index (κ2) is 8.78. The summed E-state index contributed by atoms with van der Waals surface area (Å²) in [5, 5.41) is 0. The number of hydrogen-bond donors (Lipinski definition) is 0. The van der Waals surface area contributed by atoms with Crippen molar-refractivity contribution in [3.8, 4) is 11.8 Å². The molecule has 0 aliphatic heterocycles. The Bertz CT molecular complexity index is 206. The molecule has 0 unspecified atom stereocenters. The Kier molecular flexibility index (Phi) is 7.81. The Morgan fingerprint density at radius 2 is 1.82 bits per heavy atom. The molecule has 58 valence electrons. The molecule has 0 saturated heterocycles. The Morgan fingerprint density at radius 3 is 2.45 bits per heavy atom. The van der Waals surface area contributed by atoms with Gasteiger partial charge in [-0.1, -0.05) is 49.1 Å². The molecule has 0 aromatic rings. The van der Waals surface area contributed by atoms with E-state index < -0.39 is 0 Å². The first kappa shape index (κ1) is 9.78. The second-order valence-corrected chi connectivity index (χ2v) is 1.94. The second-order valence-electron chi connectivity index (χ2n) is 1.94. The van der Waals surface area contributed by atoms with Gasteiger partial charge in [-0.2, -0.15) is 0 Å². The third-order valence-electron chi connectivity index (χ3n) is 0.984. The Balaban J connectivity index is 3.59. The first-order valence-corrected chi connectivity index (χ1v) is 3.84. The first-order chi connectivity index (χ1) is 5.41. The zero-order chi connectivity index (χ0) is 8.36. The molecular formula is C11H14. The normalized spacial score (nSPS) is 11.1. The summed E-state index contributed by atoms with van der Waals surface area (Å²) in [5.41, 5.74) is 0. The summed E-state index contributed by atoms with van der Waals surface area (Å²) in [4.78, 5) is 0. The molecule has 0 fully saturated rings. The number of rotatable bonds is 2. The highest BCUT2D eigenvalue weighted by Crippen LogP contribution is 1.78. The van der Waals surface area contributed by atoms with Crippen LogP contribution in [0.3, 0.4) is 0 Å². The topological polar surface area (TPSA) is 0 Å². The maximum Gasteiger partial charge on any atom is 0.00637 e. The average Bonchev–Trinajstić information content (AvgIpc) is 2.03. The van der Waals surface area contributed by atoms with Crippen LogP contribution in [0, 0.1) is 11.8 Å². The zero-order valence-corrected chi connectivity index (χ0v) is 7.17. The molecule has 0 saturated carbocycles. The van der Waals surface area contributed by atoms with E-state index in [0.29, 0.717) is 0 Å². The molecule has 0 heteroatoms. The smallest absolute Gasteiger partial charge is 0.00637 e. The lowest BCUT2D eigenvalue weighted by molar-refractivity contribution is 1.28. The lowest BCUT2D eigenvalue weighted by atomic mass is 10.4. The van der Waals surface area contributed by atoms with Crippen LogP contribution in [0.5, 0.6) is 0 Å². The Labute approximate surface area is 69.3 Å². The summed E-state index contributed by atoms with van der Waals surface area (Å²) in [7, 11) is 0. The summed E-state index contributed by atoms with van der Waals surface area (Å²) in [6, 6.07) is 0. The largest absolute Gasteiger partial charge is 0.0988 e. The van der Waals surface area contributed by atoms with Gasteiger partial charge in [0.2, 0.25) is 0 Å². The van der Waals surface area contributed by atoms with Crippen molar-refractivity contribution in [1.82, 2.24) is 0 Å². The summed E-state index contributed by atoms with van der Waals surface area (Å²) in [6.07, 6.45) is 12.6. The lowest BCUT2D eigenvalue weighted by Gasteiger charge is -1.70. The molecular weight excluding hydrogens is 132 g/mol. The Hall–Kier alpha value is -1.22. The van der Waals surface area contributed by atoms with E-state index in [1.54, 1.807) is 0 Å². The molecule has 0 spiro atoms. The highest BCUT2D eigenvalue weighted by atomic mass is 13.7. The van der Waals surface area contributed by atoms with E-state index in [9.17, 15) is 0 Å². The standard InChI is InChI=1S/C11H14/c1-3-5-7-9-11-10-8-6-4-2/h3,5,7,9-11H,4H2,1-2H3/b5-3+,9-7+,11-10+. The van der Waals surface area contributed by atoms with Crippen LogP contribution in [-0.4, -0.2) is 0 Å². The van der Waals surface area contributed by atoms with E-state index >= 15 is 0 Å². The molecule has 0 amide bonds. The fourth-order valence-electron chi connectivity index (χ4n) is 0.504. The van der Waals surface area contributed by atoms with E-state index in [4.69, 9.17) is 0 Å². The average molecular weight is 146 g/mol. The van der Waals surface area contributed by atoms with Crippen LogP contribution in [0.2, 0.25) is 0 Å². The van der Waals surface area contributed by atoms with Gasteiger partial charge in [-0.05, 0) is 13.0 Å². The van der Waals surface area contributed by atoms with Crippen LogP contribution < -0.4 is 0 Å². The lowest BCUT2D eigenvalue weighted by Crippen LogP contribution is -1.53. The fraction of sp³-hybridized carbons (Fsp3) is 0.273. The van der Waals surface area contributed by atoms with E-state index in [1.807, 2.05) is 50.3 Å². The van der Waals surface area contributed by atoms with Gasteiger partial charge in [-0.3, -0.25) is 0 Å². The van der Waals surface area contributed by atoms with Gasteiger partial charge in [-0.15, -0.1) is 0 Å². The summed E-state index contributed by atoms with van der Waals surface area (Å²) < 4.78 is 0. The van der Waals surface area contributed by atoms with Crippen LogP contribution in [-0.2, 0) is 0 Å². The van der Waals surface area contributed by atoms with E-state index in [0.717, 1.165) is 6.42 Å². The minimum absolute atomic E-state index is 0.920. The maximum atomic E-state index is 2.95. The third kappa shape index (κ3) is 8.78. The molecule has 0 heterocycles. The van der Waals surface area contributed by atoms with Crippen LogP contribution >= 0.6 is 0 Å². The molecule has 0 aromatic heterocycles. The van der Waals surface area contributed by atoms with Crippen LogP contribution in [0.4, 0.5) is 0 Å². The Morgan fingerprint density at radius 1 is 1.09 bits per heavy atom. The van der Waals surface area contributed by atoms with Gasteiger partial charge in [0, 0.05) is 6.42 Å². The van der Waals surface area contributed by atoms with E-state index in [2.05, 4.69) is 11.8 Å². The van der Waals surface area contributed by atoms with Gasteiger partial charge in [0.05, 0.1) is 0 Å². The van der Waals surface area contributed by atoms with Crippen molar-refractivity contribution in [1.29, 1.82) is 0 Å². The molecule has 0 rings (SSSR count). The van der Waals surface area contributed by atoms with Crippen LogP contribution in [0.15, 0.2) is 36.5 Å². The van der Waals surface area contributed by atoms with Crippen LogP contribution in [0.25, 0.3) is 0 Å². The summed E-state index contributed by atoms with van der Waals surface area (Å²) >= 11 is 0. The minimum atomic E-state index is 0.920. The van der Waals surface area contributed by atoms with Crippen molar-refractivity contribution in [2.45, 2.75) is 20.3 Å². The SMILES string of the molecule is C/C=C/C=C/C=C/C#CCC. The number of hydrogen-bond acceptors (Lipinski definition) is 0. The van der Waals surface area contributed by atoms with Crippen molar-refractivity contribution >= 4 is 0 Å². The molecule has 0 N–H and O–H groups in total. The van der Waals surface area contributed by atoms with Gasteiger partial charge in [0.1, 0.15) is 0 Å². The van der Waals surface area contributed by atoms with Gasteiger partial charge >= 0.3 is 0 Å². The van der Waals surface area contributed by atoms with Crippen LogP contribution in [0.1, 0.15) is 20.3 Å². The van der Waals surface area contributed by atoms with Crippen molar-refractivity contribution in [2.24, 2.45) is 0 Å². The molecule has 11 heavy (non-hydrogen) atoms. The highest BCUT2D eigenvalue weighted by molar-refractivity contribution is 5.20. The fourth-order valence-corrected chi connectivity index (χ4v) is 0.504. The molecule has 0 aliphatic rings. The molecule has 0 bridgehead atoms. The quantitative estimate of drug-likeness (QED) is 0.415. The van der Waals surface area contributed by atoms with Crippen molar-refractivity contribution < 1.29 is 0 Å². The minimum Gasteiger partial charge on any atom is -0.0988 e. The van der Waals surface area contributed by atoms with Crippen molar-refractivity contribution in [3.63, 3.8) is 0 Å². The van der Waals surface area contributed by atoms with Crippen molar-refractivity contribution in [2.75, 3.05) is 0 Å². The molecule has 0 atom stereocenters. The number of allylic oxidation sites excluding steroid dienone is 6. The molecule has 0 aromatic carbocycles. The predicted molar refractivity (Wildman–Crippen MR) is 51.2 cm³/mol. The summed E-state index contributed by atoms with van der Waals surface area (Å²) in [6.45, 7) is 4.03. The zero-order valence-electron chi connectivity index (χ0n) is 7.17. The van der Waals surface area contributed by atoms with Crippen molar-refractivity contribution in [3.05, 3.63) is 36.5 Å². The summed E-state index contributed by atoms with van der Waals surface area (Å²) in [5.74, 6) is 5.86. The molecule has 0 radical (unpaired) electrons. The van der Waals surface area contributed by atoms with E-state index in [-0.39, 0.29) is 0 Å². The highest BCUT2D eigenvalue weighted by Gasteiger charge is 1.60. The monoisotopic (exact) mass is 146 g/mol. The van der Waals surface area contributed by atoms with Gasteiger partial charge < -0.3 is 0 Å². The maximum absolute atomic E-state index is 2.95. The first-order valence-electron chi connectivity index (χ1n) is 3.84. The van der Waals surface area contributed by atoms with Gasteiger partial charge in [0.25, 0.3) is 0 Å². The third-order valence-corrected chi connectivity index (χ3v) is 0.984. The van der Waals surface area contributed by atoms with Gasteiger partial charge in [0.15, 0.2) is 0 Å². The van der Waals surface area contributed by atoms with Gasteiger partial charge in [-0.25, -0.2) is 0 Å².